The van der Waals surface area contributed by atoms with E-state index in [-0.39, 0.29) is 30.4 Å². The Kier molecular flexibility index (Phi) is 7.43. The maximum atomic E-state index is 12.8. The number of aliphatic hydroxyl groups excluding tert-OH is 1. The Labute approximate surface area is 186 Å². The third-order valence-electron chi connectivity index (χ3n) is 5.20. The first-order chi connectivity index (χ1) is 15.2. The minimum Gasteiger partial charge on any atom is -0.491 e. The molecule has 1 atom stereocenters. The first-order valence-corrected chi connectivity index (χ1v) is 10.5. The molecule has 168 valence electrons. The summed E-state index contributed by atoms with van der Waals surface area (Å²) in [5, 5.41) is 10.4. The van der Waals surface area contributed by atoms with Gasteiger partial charge >= 0.3 is 5.69 Å². The highest BCUT2D eigenvalue weighted by Gasteiger charge is 2.14. The normalized spacial score (nSPS) is 11.9. The lowest BCUT2D eigenvalue weighted by Gasteiger charge is -2.13. The van der Waals surface area contributed by atoms with E-state index in [1.165, 1.54) is 16.1 Å². The van der Waals surface area contributed by atoms with Crippen LogP contribution >= 0.6 is 0 Å². The van der Waals surface area contributed by atoms with Crippen molar-refractivity contribution in [1.82, 2.24) is 9.13 Å². The molecule has 3 aromatic rings. The van der Waals surface area contributed by atoms with Crippen molar-refractivity contribution in [3.63, 3.8) is 0 Å². The molecule has 7 nitrogen and oxygen atoms in total. The fraction of sp³-hybridized carbons (Fsp3) is 0.320. The summed E-state index contributed by atoms with van der Waals surface area (Å²) < 4.78 is 8.64. The first kappa shape index (κ1) is 23.2. The van der Waals surface area contributed by atoms with Gasteiger partial charge in [0, 0.05) is 23.9 Å². The van der Waals surface area contributed by atoms with Gasteiger partial charge < -0.3 is 14.6 Å². The van der Waals surface area contributed by atoms with Crippen LogP contribution < -0.4 is 10.4 Å². The number of carbonyl (C=O) groups excluding carboxylic acids is 2. The molecule has 0 amide bonds. The van der Waals surface area contributed by atoms with Crippen molar-refractivity contribution in [2.24, 2.45) is 0 Å². The molecular weight excluding hydrogens is 408 g/mol. The van der Waals surface area contributed by atoms with E-state index in [9.17, 15) is 19.5 Å². The summed E-state index contributed by atoms with van der Waals surface area (Å²) in [7, 11) is 0. The summed E-state index contributed by atoms with van der Waals surface area (Å²) in [6.07, 6.45) is 2.01. The molecule has 0 radical (unpaired) electrons. The van der Waals surface area contributed by atoms with Crippen molar-refractivity contribution >= 4 is 11.6 Å². The largest absolute Gasteiger partial charge is 0.491 e. The lowest BCUT2D eigenvalue weighted by Crippen LogP contribution is -2.31. The van der Waals surface area contributed by atoms with E-state index in [2.05, 4.69) is 0 Å². The van der Waals surface area contributed by atoms with Gasteiger partial charge in [-0.1, -0.05) is 12.1 Å². The lowest BCUT2D eigenvalue weighted by molar-refractivity contribution is -0.116. The van der Waals surface area contributed by atoms with E-state index >= 15 is 0 Å². The van der Waals surface area contributed by atoms with E-state index in [1.54, 1.807) is 49.5 Å². The number of aliphatic hydroxyl groups is 1. The number of benzene rings is 2. The zero-order chi connectivity index (χ0) is 23.3. The number of ether oxygens (including phenoxy) is 1. The molecule has 3 rings (SSSR count). The summed E-state index contributed by atoms with van der Waals surface area (Å²) in [6.45, 7) is 5.01. The van der Waals surface area contributed by atoms with Crippen molar-refractivity contribution in [2.75, 3.05) is 6.61 Å². The van der Waals surface area contributed by atoms with Gasteiger partial charge in [-0.3, -0.25) is 13.9 Å². The van der Waals surface area contributed by atoms with Crippen molar-refractivity contribution in [2.45, 2.75) is 46.3 Å². The highest BCUT2D eigenvalue weighted by molar-refractivity contribution is 5.94. The molecule has 32 heavy (non-hydrogen) atoms. The predicted octanol–water partition coefficient (Wildman–Crippen LogP) is 3.11. The van der Waals surface area contributed by atoms with E-state index in [1.807, 2.05) is 19.1 Å². The molecule has 2 aromatic carbocycles. The Morgan fingerprint density at radius 3 is 2.28 bits per heavy atom. The maximum Gasteiger partial charge on any atom is 0.333 e. The van der Waals surface area contributed by atoms with Crippen LogP contribution in [-0.2, 0) is 17.8 Å². The van der Waals surface area contributed by atoms with Crippen LogP contribution in [0.4, 0.5) is 0 Å². The van der Waals surface area contributed by atoms with E-state index in [0.29, 0.717) is 29.8 Å². The smallest absolute Gasteiger partial charge is 0.333 e. The maximum absolute atomic E-state index is 12.8. The Balaban J connectivity index is 1.61. The minimum absolute atomic E-state index is 0.0352. The lowest BCUT2D eigenvalue weighted by atomic mass is 10.1. The second-order valence-electron chi connectivity index (χ2n) is 7.95. The van der Waals surface area contributed by atoms with Gasteiger partial charge in [0.05, 0.1) is 12.2 Å². The Bertz CT molecular complexity index is 1140. The number of imidazole rings is 1. The van der Waals surface area contributed by atoms with Crippen LogP contribution in [0.15, 0.2) is 59.5 Å². The topological polar surface area (TPSA) is 90.5 Å². The number of rotatable bonds is 10. The van der Waals surface area contributed by atoms with Crippen LogP contribution in [0.2, 0.25) is 0 Å². The van der Waals surface area contributed by atoms with E-state index in [4.69, 9.17) is 4.74 Å². The van der Waals surface area contributed by atoms with Crippen molar-refractivity contribution in [1.29, 1.82) is 0 Å². The molecule has 0 aliphatic heterocycles. The minimum atomic E-state index is -0.875. The highest BCUT2D eigenvalue weighted by atomic mass is 16.5. The predicted molar refractivity (Wildman–Crippen MR) is 122 cm³/mol. The standard InChI is InChI=1S/C25H28N2O5/c1-17-14-26(25(31)27(17)22-10-8-21(9-11-22)19(3)29)15-23(30)16-32-24-12-6-20(7-13-24)5-4-18(2)28/h6-14,23,30H,4-5,15-16H2,1-3H3. The molecule has 0 fully saturated rings. The molecule has 7 heteroatoms. The van der Waals surface area contributed by atoms with Gasteiger partial charge in [0.15, 0.2) is 5.78 Å². The first-order valence-electron chi connectivity index (χ1n) is 10.5. The Morgan fingerprint density at radius 2 is 1.69 bits per heavy atom. The molecule has 1 heterocycles. The van der Waals surface area contributed by atoms with Gasteiger partial charge in [-0.25, -0.2) is 4.79 Å². The van der Waals surface area contributed by atoms with Crippen molar-refractivity contribution in [3.8, 4) is 11.4 Å². The summed E-state index contributed by atoms with van der Waals surface area (Å²) in [6, 6.07) is 14.2. The van der Waals surface area contributed by atoms with Gasteiger partial charge in [0.2, 0.25) is 0 Å². The van der Waals surface area contributed by atoms with Crippen LogP contribution in [0.25, 0.3) is 5.69 Å². The zero-order valence-corrected chi connectivity index (χ0v) is 18.6. The number of hydrogen-bond acceptors (Lipinski definition) is 5. The Hall–Kier alpha value is -3.45. The molecule has 1 aromatic heterocycles. The molecule has 1 unspecified atom stereocenters. The fourth-order valence-electron chi connectivity index (χ4n) is 3.45. The van der Waals surface area contributed by atoms with Gasteiger partial charge in [-0.15, -0.1) is 0 Å². The summed E-state index contributed by atoms with van der Waals surface area (Å²) in [5.74, 6) is 0.732. The van der Waals surface area contributed by atoms with Gasteiger partial charge in [0.25, 0.3) is 0 Å². The van der Waals surface area contributed by atoms with Gasteiger partial charge in [-0.05, 0) is 69.2 Å². The average molecular weight is 437 g/mol. The number of nitrogens with zero attached hydrogens (tertiary/aromatic N) is 2. The second-order valence-corrected chi connectivity index (χ2v) is 7.95. The number of Topliss-reactive ketones (excluding diaryl/α,β-unsaturated/α-hetero) is 2. The summed E-state index contributed by atoms with van der Waals surface area (Å²) >= 11 is 0. The summed E-state index contributed by atoms with van der Waals surface area (Å²) in [5.41, 5.74) is 2.74. The quantitative estimate of drug-likeness (QED) is 0.493. The number of hydrogen-bond donors (Lipinski definition) is 1. The van der Waals surface area contributed by atoms with Crippen LogP contribution in [0, 0.1) is 6.92 Å². The van der Waals surface area contributed by atoms with Gasteiger partial charge in [0.1, 0.15) is 24.2 Å². The third kappa shape index (κ3) is 5.82. The monoisotopic (exact) mass is 436 g/mol. The van der Waals surface area contributed by atoms with Crippen molar-refractivity contribution in [3.05, 3.63) is 82.0 Å². The molecule has 0 bridgehead atoms. The molecular formula is C25H28N2O5. The number of aromatic nitrogens is 2. The Morgan fingerprint density at radius 1 is 1.03 bits per heavy atom. The van der Waals surface area contributed by atoms with Gasteiger partial charge in [-0.2, -0.15) is 0 Å². The van der Waals surface area contributed by atoms with Crippen molar-refractivity contribution < 1.29 is 19.4 Å². The molecule has 0 spiro atoms. The number of ketones is 2. The molecule has 1 N–H and O–H groups in total. The van der Waals surface area contributed by atoms with Crippen LogP contribution in [0.5, 0.6) is 5.75 Å². The van der Waals surface area contributed by atoms with E-state index in [0.717, 1.165) is 11.3 Å². The second kappa shape index (κ2) is 10.2. The highest BCUT2D eigenvalue weighted by Crippen LogP contribution is 2.15. The molecule has 0 aliphatic carbocycles. The van der Waals surface area contributed by atoms with E-state index < -0.39 is 6.10 Å². The summed E-state index contributed by atoms with van der Waals surface area (Å²) in [4.78, 5) is 35.4. The van der Waals surface area contributed by atoms with Crippen LogP contribution in [-0.4, -0.2) is 38.5 Å². The average Bonchev–Trinajstić information content (AvgIpc) is 3.04. The molecule has 0 saturated carbocycles. The molecule has 0 aliphatic rings. The molecule has 0 saturated heterocycles. The van der Waals surface area contributed by atoms with Crippen LogP contribution in [0.1, 0.15) is 41.9 Å². The third-order valence-corrected chi connectivity index (χ3v) is 5.20. The number of carbonyl (C=O) groups is 2. The SMILES string of the molecule is CC(=O)CCc1ccc(OCC(O)Cn2cc(C)n(-c3ccc(C(C)=O)cc3)c2=O)cc1. The zero-order valence-electron chi connectivity index (χ0n) is 18.6. The number of aryl methyl sites for hydroxylation is 2. The fourth-order valence-corrected chi connectivity index (χ4v) is 3.45. The van der Waals surface area contributed by atoms with Crippen LogP contribution in [0.3, 0.4) is 0 Å².